The molecule has 7 amide bonds. The van der Waals surface area contributed by atoms with Gasteiger partial charge < -0.3 is 57.6 Å². The van der Waals surface area contributed by atoms with E-state index in [-0.39, 0.29) is 62.0 Å². The second kappa shape index (κ2) is 29.0. The summed E-state index contributed by atoms with van der Waals surface area (Å²) in [5, 5.41) is 26.4. The van der Waals surface area contributed by atoms with E-state index < -0.39 is 97.4 Å². The molecule has 59 heavy (non-hydrogen) atoms. The Kier molecular flexibility index (Phi) is 27.4. The van der Waals surface area contributed by atoms with E-state index in [1.165, 1.54) is 6.08 Å². The van der Waals surface area contributed by atoms with Crippen LogP contribution in [-0.4, -0.2) is 116 Å². The molecule has 22 heteroatoms. The lowest BCUT2D eigenvalue weighted by Gasteiger charge is -2.23. The van der Waals surface area contributed by atoms with Gasteiger partial charge in [-0.3, -0.25) is 38.4 Å². The summed E-state index contributed by atoms with van der Waals surface area (Å²) in [7, 11) is 0. The Balaban J connectivity index is 0. The first-order chi connectivity index (χ1) is 27.2. The molecule has 10 N–H and O–H groups in total. The van der Waals surface area contributed by atoms with E-state index in [1.54, 1.807) is 0 Å². The van der Waals surface area contributed by atoms with Gasteiger partial charge in [-0.05, 0) is 42.9 Å². The molecule has 0 aliphatic carbocycles. The van der Waals surface area contributed by atoms with Gasteiger partial charge in [0, 0.05) is 6.42 Å². The standard InChI is InChI=1S/C35H62N8O9.C2HF3O2/c1-10-11-52-31(47)19-40-35(51)27(15-23(8)9)43-30(46)18-39-34(50)26(14-22(6)7)42-29(45)17-38-33(49)25(13-21(4)5)41-28(44)16-37-32(48)24(36)12-20(2)3;3-2(4,5)1(6)7/h10,20-27H,1,11-19,36H2,2-9H3,(H,37,48)(H,38,49)(H,39,50)(H,40,51)(H,41,44)(H,42,45)(H,43,46);(H,6,7)/t24-,25-,26-,27-;/m0./s1. The number of esters is 1. The van der Waals surface area contributed by atoms with Crippen molar-refractivity contribution in [1.82, 2.24) is 37.2 Å². The van der Waals surface area contributed by atoms with Crippen molar-refractivity contribution in [3.8, 4) is 0 Å². The summed E-state index contributed by atoms with van der Waals surface area (Å²) >= 11 is 0. The molecule has 19 nitrogen and oxygen atoms in total. The van der Waals surface area contributed by atoms with Crippen LogP contribution in [0.2, 0.25) is 0 Å². The molecule has 0 aromatic rings. The number of halogens is 3. The topological polar surface area (TPSA) is 298 Å². The summed E-state index contributed by atoms with van der Waals surface area (Å²) in [6.45, 7) is 16.7. The monoisotopic (exact) mass is 852 g/mol. The average Bonchev–Trinajstić information content (AvgIpc) is 3.11. The number of carboxylic acids is 1. The van der Waals surface area contributed by atoms with E-state index >= 15 is 0 Å². The number of hydrogen-bond donors (Lipinski definition) is 8. The molecule has 0 unspecified atom stereocenters. The third kappa shape index (κ3) is 28.7. The van der Waals surface area contributed by atoms with E-state index in [0.717, 1.165) is 0 Å². The van der Waals surface area contributed by atoms with E-state index in [9.17, 15) is 51.5 Å². The lowest BCUT2D eigenvalue weighted by Crippen LogP contribution is -2.68. The molecule has 0 aromatic carbocycles. The molecule has 0 aliphatic rings. The molecular formula is C37H63F3N8O11. The number of carboxylic acid groups (broad SMARTS) is 1. The van der Waals surface area contributed by atoms with E-state index in [4.69, 9.17) is 14.6 Å². The maximum Gasteiger partial charge on any atom is 0.430 e. The van der Waals surface area contributed by atoms with Crippen molar-refractivity contribution in [1.29, 1.82) is 0 Å². The predicted molar refractivity (Wildman–Crippen MR) is 205 cm³/mol. The first kappa shape index (κ1) is 55.8. The highest BCUT2D eigenvalue weighted by molar-refractivity contribution is 5.95. The number of quaternary nitrogens is 1. The van der Waals surface area contributed by atoms with Gasteiger partial charge in [0.15, 0.2) is 6.04 Å². The first-order valence-electron chi connectivity index (χ1n) is 19.1. The lowest BCUT2D eigenvalue weighted by molar-refractivity contribution is -0.406. The van der Waals surface area contributed by atoms with Gasteiger partial charge in [0.25, 0.3) is 5.91 Å². The molecule has 0 rings (SSSR count). The molecule has 0 radical (unpaired) electrons. The van der Waals surface area contributed by atoms with Crippen LogP contribution in [-0.2, 0) is 47.9 Å². The van der Waals surface area contributed by atoms with Crippen molar-refractivity contribution < 1.29 is 71.9 Å². The van der Waals surface area contributed by atoms with Gasteiger partial charge in [-0.2, -0.15) is 13.2 Å². The number of hydrogen-bond acceptors (Lipinski definition) is 11. The Labute approximate surface area is 342 Å². The number of alkyl halides is 3. The van der Waals surface area contributed by atoms with Crippen LogP contribution in [0.15, 0.2) is 12.7 Å². The van der Waals surface area contributed by atoms with E-state index in [1.807, 2.05) is 55.4 Å². The molecule has 0 bridgehead atoms. The van der Waals surface area contributed by atoms with Crippen molar-refractivity contribution >= 4 is 53.3 Å². The summed E-state index contributed by atoms with van der Waals surface area (Å²) < 4.78 is 36.4. The zero-order valence-electron chi connectivity index (χ0n) is 35.1. The van der Waals surface area contributed by atoms with Crippen LogP contribution in [0.5, 0.6) is 0 Å². The van der Waals surface area contributed by atoms with Crippen LogP contribution in [0.25, 0.3) is 0 Å². The van der Waals surface area contributed by atoms with E-state index in [2.05, 4.69) is 49.5 Å². The highest BCUT2D eigenvalue weighted by Gasteiger charge is 2.29. The Morgan fingerprint density at radius 1 is 0.576 bits per heavy atom. The van der Waals surface area contributed by atoms with Crippen LogP contribution in [0.3, 0.4) is 0 Å². The SMILES string of the molecule is C=CCOC(=O)CNC(=O)[C@H](CC(C)C)NC(=O)CNC(=O)[C@H](CC(C)C)NC(=O)CNC(=O)[C@H](CC(C)C)NC(=O)CNC(=O)[C@@H]([NH3+])CC(C)C.O=C([O-])C(F)(F)F. The minimum Gasteiger partial charge on any atom is -0.542 e. The molecule has 0 fully saturated rings. The number of ether oxygens (including phenoxy) is 1. The number of amides is 7. The maximum atomic E-state index is 13.1. The van der Waals surface area contributed by atoms with Crippen molar-refractivity contribution in [2.75, 3.05) is 32.8 Å². The van der Waals surface area contributed by atoms with Gasteiger partial charge in [-0.25, -0.2) is 0 Å². The summed E-state index contributed by atoms with van der Waals surface area (Å²) in [6.07, 6.45) is -2.50. The minimum atomic E-state index is -5.19. The average molecular weight is 853 g/mol. The first-order valence-corrected chi connectivity index (χ1v) is 19.1. The second-order valence-corrected chi connectivity index (χ2v) is 15.2. The molecule has 0 saturated carbocycles. The van der Waals surface area contributed by atoms with Gasteiger partial charge in [-0.1, -0.05) is 68.0 Å². The normalized spacial score (nSPS) is 13.1. The molecule has 338 valence electrons. The maximum absolute atomic E-state index is 13.1. The molecule has 0 aliphatic heterocycles. The fourth-order valence-corrected chi connectivity index (χ4v) is 4.90. The van der Waals surface area contributed by atoms with Gasteiger partial charge in [-0.15, -0.1) is 0 Å². The fourth-order valence-electron chi connectivity index (χ4n) is 4.90. The molecule has 0 aromatic heterocycles. The number of aliphatic carboxylic acids is 1. The van der Waals surface area contributed by atoms with Gasteiger partial charge in [0.1, 0.15) is 37.2 Å². The Morgan fingerprint density at radius 3 is 1.14 bits per heavy atom. The number of carbonyl (C=O) groups excluding carboxylic acids is 9. The Hall–Kier alpha value is -5.28. The number of nitrogens with one attached hydrogen (secondary N) is 7. The van der Waals surface area contributed by atoms with E-state index in [0.29, 0.717) is 6.42 Å². The number of carbonyl (C=O) groups is 9. The summed E-state index contributed by atoms with van der Waals surface area (Å²) in [4.78, 5) is 110. The van der Waals surface area contributed by atoms with Crippen molar-refractivity contribution in [3.63, 3.8) is 0 Å². The minimum absolute atomic E-state index is 0.00674. The quantitative estimate of drug-likeness (QED) is 0.0358. The lowest BCUT2D eigenvalue weighted by atomic mass is 10.0. The van der Waals surface area contributed by atoms with Crippen LogP contribution in [0.4, 0.5) is 13.2 Å². The fraction of sp³-hybridized carbons (Fsp3) is 0.703. The van der Waals surface area contributed by atoms with Crippen LogP contribution in [0.1, 0.15) is 81.1 Å². The third-order valence-corrected chi connectivity index (χ3v) is 7.47. The van der Waals surface area contributed by atoms with Crippen molar-refractivity contribution in [2.45, 2.75) is 111 Å². The summed E-state index contributed by atoms with van der Waals surface area (Å²) in [5.41, 5.74) is 3.82. The van der Waals surface area contributed by atoms with Crippen molar-refractivity contribution in [2.24, 2.45) is 23.7 Å². The van der Waals surface area contributed by atoms with Crippen LogP contribution < -0.4 is 48.1 Å². The van der Waals surface area contributed by atoms with Crippen LogP contribution >= 0.6 is 0 Å². The smallest absolute Gasteiger partial charge is 0.430 e. The van der Waals surface area contributed by atoms with Gasteiger partial charge in [0.05, 0.1) is 19.6 Å². The molecule has 0 heterocycles. The molecular weight excluding hydrogens is 789 g/mol. The number of rotatable bonds is 25. The highest BCUT2D eigenvalue weighted by atomic mass is 19.4. The molecule has 0 saturated heterocycles. The van der Waals surface area contributed by atoms with Crippen molar-refractivity contribution in [3.05, 3.63) is 12.7 Å². The Bertz CT molecular complexity index is 1430. The molecule has 0 spiro atoms. The summed E-state index contributed by atoms with van der Waals surface area (Å²) in [5.74, 6) is -7.59. The highest BCUT2D eigenvalue weighted by Crippen LogP contribution is 2.12. The Morgan fingerprint density at radius 2 is 0.864 bits per heavy atom. The zero-order valence-corrected chi connectivity index (χ0v) is 35.1. The predicted octanol–water partition coefficient (Wildman–Crippen LogP) is -2.27. The van der Waals surface area contributed by atoms with Crippen LogP contribution in [0, 0.1) is 23.7 Å². The largest absolute Gasteiger partial charge is 0.542 e. The third-order valence-electron chi connectivity index (χ3n) is 7.47. The van der Waals surface area contributed by atoms with Gasteiger partial charge in [0.2, 0.25) is 35.4 Å². The second-order valence-electron chi connectivity index (χ2n) is 15.2. The zero-order chi connectivity index (χ0) is 46.0. The molecule has 4 atom stereocenters. The summed E-state index contributed by atoms with van der Waals surface area (Å²) in [6, 6.07) is -3.53. The van der Waals surface area contributed by atoms with Gasteiger partial charge >= 0.3 is 12.1 Å².